The minimum atomic E-state index is 0.548. The summed E-state index contributed by atoms with van der Waals surface area (Å²) in [5.41, 5.74) is 1.02. The van der Waals surface area contributed by atoms with Gasteiger partial charge in [0, 0.05) is 19.5 Å². The van der Waals surface area contributed by atoms with Gasteiger partial charge in [0.15, 0.2) is 0 Å². The summed E-state index contributed by atoms with van der Waals surface area (Å²) in [6, 6.07) is 5.50. The highest BCUT2D eigenvalue weighted by molar-refractivity contribution is 6.42. The first-order valence-electron chi connectivity index (χ1n) is 5.34. The maximum absolute atomic E-state index is 7.96. The van der Waals surface area contributed by atoms with Crippen molar-refractivity contribution in [1.82, 2.24) is 4.90 Å². The van der Waals surface area contributed by atoms with Gasteiger partial charge in [0.2, 0.25) is 0 Å². The van der Waals surface area contributed by atoms with Gasteiger partial charge in [-0.2, -0.15) is 0 Å². The number of nitrogens with one attached hydrogen (secondary N) is 1. The summed E-state index contributed by atoms with van der Waals surface area (Å²) in [6.07, 6.45) is 0.596. The quantitative estimate of drug-likeness (QED) is 0.645. The second-order valence-electron chi connectivity index (χ2n) is 3.54. The van der Waals surface area contributed by atoms with Gasteiger partial charge >= 0.3 is 0 Å². The van der Waals surface area contributed by atoms with E-state index in [0.717, 1.165) is 18.7 Å². The number of likely N-dealkylation sites (N-methyl/N-ethyl adjacent to an activating group) is 1. The Bertz CT molecular complexity index is 373. The van der Waals surface area contributed by atoms with Gasteiger partial charge in [-0.15, -0.1) is 0 Å². The van der Waals surface area contributed by atoms with Crippen molar-refractivity contribution in [3.63, 3.8) is 0 Å². The first-order valence-corrected chi connectivity index (χ1v) is 6.10. The highest BCUT2D eigenvalue weighted by Crippen LogP contribution is 2.22. The van der Waals surface area contributed by atoms with Crippen molar-refractivity contribution in [3.05, 3.63) is 33.8 Å². The van der Waals surface area contributed by atoms with Gasteiger partial charge in [0.1, 0.15) is 5.84 Å². The number of halogens is 2. The predicted molar refractivity (Wildman–Crippen MR) is 70.8 cm³/mol. The molecule has 0 unspecified atom stereocenters. The topological polar surface area (TPSA) is 27.1 Å². The zero-order chi connectivity index (χ0) is 12.1. The van der Waals surface area contributed by atoms with Crippen LogP contribution in [0.3, 0.4) is 0 Å². The summed E-state index contributed by atoms with van der Waals surface area (Å²) >= 11 is 11.8. The van der Waals surface area contributed by atoms with Crippen molar-refractivity contribution < 1.29 is 0 Å². The fraction of sp³-hybridized carbons (Fsp3) is 0.417. The second-order valence-corrected chi connectivity index (χ2v) is 4.36. The monoisotopic (exact) mass is 258 g/mol. The fourth-order valence-corrected chi connectivity index (χ4v) is 1.88. The first kappa shape index (κ1) is 13.3. The lowest BCUT2D eigenvalue weighted by atomic mass is 10.1. The fourth-order valence-electron chi connectivity index (χ4n) is 1.56. The van der Waals surface area contributed by atoms with Crippen molar-refractivity contribution in [1.29, 1.82) is 5.41 Å². The van der Waals surface area contributed by atoms with Crippen molar-refractivity contribution >= 4 is 29.0 Å². The molecule has 0 amide bonds. The molecule has 0 radical (unpaired) electrons. The van der Waals surface area contributed by atoms with Crippen LogP contribution >= 0.6 is 23.2 Å². The zero-order valence-corrected chi connectivity index (χ0v) is 11.1. The van der Waals surface area contributed by atoms with Gasteiger partial charge in [0.25, 0.3) is 0 Å². The molecule has 1 aromatic rings. The SMILES string of the molecule is CCN(CC)C(=N)Cc1ccc(Cl)c(Cl)c1. The van der Waals surface area contributed by atoms with E-state index in [1.807, 2.05) is 30.9 Å². The van der Waals surface area contributed by atoms with Crippen LogP contribution in [0.1, 0.15) is 19.4 Å². The molecule has 4 heteroatoms. The van der Waals surface area contributed by atoms with Crippen LogP contribution in [-0.2, 0) is 6.42 Å². The molecule has 0 saturated heterocycles. The molecule has 2 nitrogen and oxygen atoms in total. The molecule has 1 rings (SSSR count). The van der Waals surface area contributed by atoms with Crippen molar-refractivity contribution in [2.75, 3.05) is 13.1 Å². The largest absolute Gasteiger partial charge is 0.361 e. The summed E-state index contributed by atoms with van der Waals surface area (Å²) in [4.78, 5) is 2.02. The Labute approximate surface area is 107 Å². The van der Waals surface area contributed by atoms with E-state index in [9.17, 15) is 0 Å². The zero-order valence-electron chi connectivity index (χ0n) is 9.56. The van der Waals surface area contributed by atoms with Crippen LogP contribution in [0.5, 0.6) is 0 Å². The van der Waals surface area contributed by atoms with E-state index in [1.54, 1.807) is 6.07 Å². The van der Waals surface area contributed by atoms with Gasteiger partial charge in [-0.3, -0.25) is 5.41 Å². The second kappa shape index (κ2) is 6.12. The molecule has 0 aliphatic rings. The van der Waals surface area contributed by atoms with Gasteiger partial charge < -0.3 is 4.90 Å². The smallest absolute Gasteiger partial charge is 0.100 e. The Morgan fingerprint density at radius 1 is 1.19 bits per heavy atom. The summed E-state index contributed by atoms with van der Waals surface area (Å²) in [5, 5.41) is 9.06. The van der Waals surface area contributed by atoms with Crippen LogP contribution in [0.15, 0.2) is 18.2 Å². The van der Waals surface area contributed by atoms with E-state index < -0.39 is 0 Å². The minimum absolute atomic E-state index is 0.548. The molecule has 0 aliphatic heterocycles. The van der Waals surface area contributed by atoms with Crippen molar-refractivity contribution in [2.24, 2.45) is 0 Å². The van der Waals surface area contributed by atoms with Gasteiger partial charge in [-0.05, 0) is 31.5 Å². The van der Waals surface area contributed by atoms with Crippen LogP contribution < -0.4 is 0 Å². The molecule has 1 N–H and O–H groups in total. The maximum atomic E-state index is 7.96. The Morgan fingerprint density at radius 2 is 1.81 bits per heavy atom. The summed E-state index contributed by atoms with van der Waals surface area (Å²) < 4.78 is 0. The molecule has 0 spiro atoms. The summed E-state index contributed by atoms with van der Waals surface area (Å²) in [6.45, 7) is 5.81. The number of amidine groups is 1. The third kappa shape index (κ3) is 3.39. The lowest BCUT2D eigenvalue weighted by molar-refractivity contribution is 0.455. The molecule has 0 fully saturated rings. The van der Waals surface area contributed by atoms with E-state index in [0.29, 0.717) is 22.3 Å². The molecule has 0 aliphatic carbocycles. The molecule has 0 heterocycles. The van der Waals surface area contributed by atoms with Crippen LogP contribution in [-0.4, -0.2) is 23.8 Å². The molecular weight excluding hydrogens is 243 g/mol. The van der Waals surface area contributed by atoms with Gasteiger partial charge in [-0.25, -0.2) is 0 Å². The van der Waals surface area contributed by atoms with Gasteiger partial charge in [-0.1, -0.05) is 29.3 Å². The van der Waals surface area contributed by atoms with E-state index in [1.165, 1.54) is 0 Å². The lowest BCUT2D eigenvalue weighted by Gasteiger charge is -2.21. The van der Waals surface area contributed by atoms with Gasteiger partial charge in [0.05, 0.1) is 10.0 Å². The van der Waals surface area contributed by atoms with Crippen molar-refractivity contribution in [2.45, 2.75) is 20.3 Å². The highest BCUT2D eigenvalue weighted by Gasteiger charge is 2.07. The Hall–Kier alpha value is -0.730. The Kier molecular flexibility index (Phi) is 5.10. The van der Waals surface area contributed by atoms with E-state index in [-0.39, 0.29) is 0 Å². The van der Waals surface area contributed by atoms with E-state index in [4.69, 9.17) is 28.6 Å². The number of benzene rings is 1. The minimum Gasteiger partial charge on any atom is -0.361 e. The lowest BCUT2D eigenvalue weighted by Crippen LogP contribution is -2.31. The van der Waals surface area contributed by atoms with Crippen molar-refractivity contribution in [3.8, 4) is 0 Å². The average molecular weight is 259 g/mol. The van der Waals surface area contributed by atoms with Crippen LogP contribution in [0.25, 0.3) is 0 Å². The number of hydrogen-bond donors (Lipinski definition) is 1. The normalized spacial score (nSPS) is 10.2. The van der Waals surface area contributed by atoms with Crippen LogP contribution in [0, 0.1) is 5.41 Å². The van der Waals surface area contributed by atoms with E-state index in [2.05, 4.69) is 0 Å². The van der Waals surface area contributed by atoms with Crippen LogP contribution in [0.4, 0.5) is 0 Å². The summed E-state index contributed by atoms with van der Waals surface area (Å²) in [5.74, 6) is 0.614. The predicted octanol–water partition coefficient (Wildman–Crippen LogP) is 3.85. The van der Waals surface area contributed by atoms with E-state index >= 15 is 0 Å². The summed E-state index contributed by atoms with van der Waals surface area (Å²) in [7, 11) is 0. The molecule has 0 atom stereocenters. The third-order valence-electron chi connectivity index (χ3n) is 2.50. The van der Waals surface area contributed by atoms with Crippen LogP contribution in [0.2, 0.25) is 10.0 Å². The highest BCUT2D eigenvalue weighted by atomic mass is 35.5. The number of nitrogens with zero attached hydrogens (tertiary/aromatic N) is 1. The average Bonchev–Trinajstić information content (AvgIpc) is 2.25. The molecule has 1 aromatic carbocycles. The number of hydrogen-bond acceptors (Lipinski definition) is 1. The number of rotatable bonds is 4. The Balaban J connectivity index is 2.73. The molecule has 0 saturated carbocycles. The maximum Gasteiger partial charge on any atom is 0.100 e. The molecule has 88 valence electrons. The Morgan fingerprint density at radius 3 is 2.31 bits per heavy atom. The standard InChI is InChI=1S/C12H16Cl2N2/c1-3-16(4-2)12(15)8-9-5-6-10(13)11(14)7-9/h5-7,15H,3-4,8H2,1-2H3. The molecule has 16 heavy (non-hydrogen) atoms. The molecular formula is C12H16Cl2N2. The molecule has 0 bridgehead atoms. The third-order valence-corrected chi connectivity index (χ3v) is 3.24. The molecule has 0 aromatic heterocycles. The first-order chi connectivity index (χ1) is 7.58.